The molecule has 186 valence electrons. The lowest BCUT2D eigenvalue weighted by Crippen LogP contribution is -2.35. The van der Waals surface area contributed by atoms with Crippen LogP contribution < -0.4 is 15.5 Å². The summed E-state index contributed by atoms with van der Waals surface area (Å²) in [6, 6.07) is 20.4. The first-order valence-corrected chi connectivity index (χ1v) is 12.1. The number of nitrogens with one attached hydrogen (secondary N) is 2. The normalized spacial score (nSPS) is 14.7. The van der Waals surface area contributed by atoms with Crippen molar-refractivity contribution in [3.63, 3.8) is 0 Å². The van der Waals surface area contributed by atoms with Gasteiger partial charge in [-0.15, -0.1) is 0 Å². The van der Waals surface area contributed by atoms with Crippen LogP contribution in [0.2, 0.25) is 0 Å². The van der Waals surface area contributed by atoms with Gasteiger partial charge in [-0.3, -0.25) is 19.7 Å². The van der Waals surface area contributed by atoms with Crippen LogP contribution in [0, 0.1) is 16.0 Å². The molecule has 3 aromatic rings. The highest BCUT2D eigenvalue weighted by Gasteiger charge is 2.23. The summed E-state index contributed by atoms with van der Waals surface area (Å²) < 4.78 is 0. The second-order valence-electron chi connectivity index (χ2n) is 9.27. The van der Waals surface area contributed by atoms with Gasteiger partial charge in [0.05, 0.1) is 16.5 Å². The van der Waals surface area contributed by atoms with E-state index in [1.165, 1.54) is 24.3 Å². The number of carbonyl (C=O) groups is 2. The Morgan fingerprint density at radius 1 is 0.972 bits per heavy atom. The van der Waals surface area contributed by atoms with Gasteiger partial charge in [0, 0.05) is 42.2 Å². The van der Waals surface area contributed by atoms with Crippen molar-refractivity contribution in [1.82, 2.24) is 5.32 Å². The molecule has 3 aromatic carbocycles. The summed E-state index contributed by atoms with van der Waals surface area (Å²) in [4.78, 5) is 39.0. The van der Waals surface area contributed by atoms with Gasteiger partial charge in [-0.2, -0.15) is 0 Å². The molecule has 36 heavy (non-hydrogen) atoms. The van der Waals surface area contributed by atoms with Crippen molar-refractivity contribution in [2.45, 2.75) is 32.7 Å². The van der Waals surface area contributed by atoms with Gasteiger partial charge >= 0.3 is 0 Å². The van der Waals surface area contributed by atoms with E-state index in [0.717, 1.165) is 37.2 Å². The lowest BCUT2D eigenvalue weighted by Gasteiger charge is -2.33. The number of anilines is 2. The number of amides is 2. The van der Waals surface area contributed by atoms with Gasteiger partial charge < -0.3 is 15.5 Å². The molecule has 8 heteroatoms. The number of carbonyl (C=O) groups excluding carboxylic acids is 2. The molecule has 1 aliphatic rings. The highest BCUT2D eigenvalue weighted by molar-refractivity contribution is 6.06. The van der Waals surface area contributed by atoms with Crippen molar-refractivity contribution in [3.8, 4) is 0 Å². The SMILES string of the molecule is CC1CCN(c2ccc(NC(=O)c3cccc([N+](=O)[O-])c3)cc2C(=O)NC(C)c2ccccc2)CC1. The van der Waals surface area contributed by atoms with E-state index in [-0.39, 0.29) is 23.2 Å². The van der Waals surface area contributed by atoms with Crippen LogP contribution in [0.25, 0.3) is 0 Å². The minimum Gasteiger partial charge on any atom is -0.371 e. The third-order valence-electron chi connectivity index (χ3n) is 6.59. The fourth-order valence-electron chi connectivity index (χ4n) is 4.38. The van der Waals surface area contributed by atoms with Crippen LogP contribution in [0.5, 0.6) is 0 Å². The van der Waals surface area contributed by atoms with E-state index < -0.39 is 10.8 Å². The number of benzene rings is 3. The first-order chi connectivity index (χ1) is 17.3. The third kappa shape index (κ3) is 5.89. The molecule has 0 spiro atoms. The van der Waals surface area contributed by atoms with Crippen molar-refractivity contribution < 1.29 is 14.5 Å². The zero-order chi connectivity index (χ0) is 25.7. The van der Waals surface area contributed by atoms with Gasteiger partial charge in [0.1, 0.15) is 0 Å². The summed E-state index contributed by atoms with van der Waals surface area (Å²) in [5.74, 6) is -0.0706. The highest BCUT2D eigenvalue weighted by atomic mass is 16.6. The monoisotopic (exact) mass is 486 g/mol. The first-order valence-electron chi connectivity index (χ1n) is 12.1. The minimum atomic E-state index is -0.540. The van der Waals surface area contributed by atoms with Crippen LogP contribution in [0.15, 0.2) is 72.8 Å². The molecular formula is C28H30N4O4. The zero-order valence-electron chi connectivity index (χ0n) is 20.4. The minimum absolute atomic E-state index is 0.160. The number of non-ortho nitro benzene ring substituents is 1. The number of piperidine rings is 1. The molecule has 1 fully saturated rings. The lowest BCUT2D eigenvalue weighted by atomic mass is 9.97. The molecule has 0 bridgehead atoms. The molecule has 0 aromatic heterocycles. The summed E-state index contributed by atoms with van der Waals surface area (Å²) >= 11 is 0. The molecule has 2 N–H and O–H groups in total. The Balaban J connectivity index is 1.60. The number of rotatable bonds is 7. The van der Waals surface area contributed by atoms with E-state index >= 15 is 0 Å². The van der Waals surface area contributed by atoms with Crippen LogP contribution in [-0.4, -0.2) is 29.8 Å². The Morgan fingerprint density at radius 3 is 2.39 bits per heavy atom. The number of nitrogens with zero attached hydrogens (tertiary/aromatic N) is 2. The third-order valence-corrected chi connectivity index (χ3v) is 6.59. The molecule has 0 saturated carbocycles. The van der Waals surface area contributed by atoms with Gasteiger partial charge in [0.2, 0.25) is 0 Å². The lowest BCUT2D eigenvalue weighted by molar-refractivity contribution is -0.384. The largest absolute Gasteiger partial charge is 0.371 e. The van der Waals surface area contributed by atoms with E-state index in [1.54, 1.807) is 12.1 Å². The van der Waals surface area contributed by atoms with Crippen LogP contribution >= 0.6 is 0 Å². The van der Waals surface area contributed by atoms with Crippen molar-refractivity contribution in [1.29, 1.82) is 0 Å². The van der Waals surface area contributed by atoms with Gasteiger partial charge in [-0.05, 0) is 55.5 Å². The Labute approximate surface area is 210 Å². The molecule has 0 aliphatic carbocycles. The van der Waals surface area contributed by atoms with Crippen LogP contribution in [-0.2, 0) is 0 Å². The van der Waals surface area contributed by atoms with E-state index in [9.17, 15) is 19.7 Å². The van der Waals surface area contributed by atoms with Gasteiger partial charge in [0.25, 0.3) is 17.5 Å². The Hall–Kier alpha value is -4.20. The second-order valence-corrected chi connectivity index (χ2v) is 9.27. The molecule has 2 amide bonds. The number of hydrogen-bond acceptors (Lipinski definition) is 5. The van der Waals surface area contributed by atoms with E-state index in [4.69, 9.17) is 0 Å². The maximum Gasteiger partial charge on any atom is 0.270 e. The van der Waals surface area contributed by atoms with Crippen molar-refractivity contribution in [2.75, 3.05) is 23.3 Å². The second kappa shape index (κ2) is 11.0. The molecule has 1 heterocycles. The molecule has 4 rings (SSSR count). The van der Waals surface area contributed by atoms with E-state index in [0.29, 0.717) is 17.2 Å². The highest BCUT2D eigenvalue weighted by Crippen LogP contribution is 2.29. The Kier molecular flexibility index (Phi) is 7.63. The number of nitro benzene ring substituents is 1. The zero-order valence-corrected chi connectivity index (χ0v) is 20.4. The average Bonchev–Trinajstić information content (AvgIpc) is 2.89. The van der Waals surface area contributed by atoms with Crippen LogP contribution in [0.1, 0.15) is 59.0 Å². The summed E-state index contributed by atoms with van der Waals surface area (Å²) in [6.07, 6.45) is 2.10. The molecule has 0 radical (unpaired) electrons. The van der Waals surface area contributed by atoms with Crippen molar-refractivity contribution >= 4 is 28.9 Å². The van der Waals surface area contributed by atoms with Crippen LogP contribution in [0.3, 0.4) is 0 Å². The van der Waals surface area contributed by atoms with Crippen molar-refractivity contribution in [3.05, 3.63) is 99.6 Å². The summed E-state index contributed by atoms with van der Waals surface area (Å²) in [5.41, 5.74) is 2.75. The van der Waals surface area contributed by atoms with E-state index in [2.05, 4.69) is 22.5 Å². The summed E-state index contributed by atoms with van der Waals surface area (Å²) in [5, 5.41) is 16.9. The van der Waals surface area contributed by atoms with Crippen LogP contribution in [0.4, 0.5) is 17.1 Å². The molecule has 1 unspecified atom stereocenters. The van der Waals surface area contributed by atoms with Gasteiger partial charge in [-0.25, -0.2) is 0 Å². The predicted octanol–water partition coefficient (Wildman–Crippen LogP) is 5.57. The standard InChI is InChI=1S/C28H30N4O4/c1-19-13-15-31(16-14-19)26-12-11-23(30-27(33)22-9-6-10-24(17-22)32(35)36)18-25(26)28(34)29-20(2)21-7-4-3-5-8-21/h3-12,17-20H,13-16H2,1-2H3,(H,29,34)(H,30,33). The van der Waals surface area contributed by atoms with E-state index in [1.807, 2.05) is 43.3 Å². The smallest absolute Gasteiger partial charge is 0.270 e. The fourth-order valence-corrected chi connectivity index (χ4v) is 4.38. The Morgan fingerprint density at radius 2 is 1.69 bits per heavy atom. The predicted molar refractivity (Wildman–Crippen MR) is 140 cm³/mol. The molecular weight excluding hydrogens is 456 g/mol. The summed E-state index contributed by atoms with van der Waals surface area (Å²) in [6.45, 7) is 5.88. The maximum atomic E-state index is 13.5. The molecule has 8 nitrogen and oxygen atoms in total. The number of hydrogen-bond donors (Lipinski definition) is 2. The number of nitro groups is 1. The van der Waals surface area contributed by atoms with Crippen molar-refractivity contribution in [2.24, 2.45) is 5.92 Å². The topological polar surface area (TPSA) is 105 Å². The quantitative estimate of drug-likeness (QED) is 0.335. The van der Waals surface area contributed by atoms with Gasteiger partial charge in [-0.1, -0.05) is 43.3 Å². The van der Waals surface area contributed by atoms with Gasteiger partial charge in [0.15, 0.2) is 0 Å². The maximum absolute atomic E-state index is 13.5. The molecule has 1 atom stereocenters. The molecule has 1 aliphatic heterocycles. The average molecular weight is 487 g/mol. The molecule has 1 saturated heterocycles. The summed E-state index contributed by atoms with van der Waals surface area (Å²) in [7, 11) is 0. The first kappa shape index (κ1) is 24.9. The Bertz CT molecular complexity index is 1250. The fraction of sp³-hybridized carbons (Fsp3) is 0.286.